The number of hydrogen-bond acceptors (Lipinski definition) is 3. The zero-order chi connectivity index (χ0) is 15.2. The summed E-state index contributed by atoms with van der Waals surface area (Å²) in [7, 11) is -0.791. The molecule has 1 heterocycles. The Balaban J connectivity index is 2.04. The van der Waals surface area contributed by atoms with Gasteiger partial charge in [0.15, 0.2) is 0 Å². The van der Waals surface area contributed by atoms with E-state index in [0.29, 0.717) is 30.0 Å². The van der Waals surface area contributed by atoms with E-state index in [1.54, 1.807) is 30.3 Å². The smallest absolute Gasteiger partial charge is 0.323 e. The molecule has 2 rings (SSSR count). The number of hydrogen-bond donors (Lipinski definition) is 2. The van der Waals surface area contributed by atoms with Gasteiger partial charge in [-0.2, -0.15) is 0 Å². The summed E-state index contributed by atoms with van der Waals surface area (Å²) in [6, 6.07) is 8.22. The van der Waals surface area contributed by atoms with Gasteiger partial charge in [-0.3, -0.25) is 13.9 Å². The second-order valence-electron chi connectivity index (χ2n) is 4.89. The van der Waals surface area contributed by atoms with Crippen molar-refractivity contribution in [3.8, 4) is 0 Å². The first-order chi connectivity index (χ1) is 10.1. The molecule has 1 aliphatic heterocycles. The molecule has 0 aromatic heterocycles. The van der Waals surface area contributed by atoms with Crippen LogP contribution in [0, 0.1) is 0 Å². The third-order valence-electron chi connectivity index (χ3n) is 3.32. The number of carboxylic acid groups (broad SMARTS) is 1. The molecular weight excluding hydrogens is 292 g/mol. The molecule has 0 radical (unpaired) electrons. The molecule has 0 aliphatic carbocycles. The Kier molecular flexibility index (Phi) is 5.32. The molecule has 114 valence electrons. The van der Waals surface area contributed by atoms with Crippen LogP contribution in [0.15, 0.2) is 30.3 Å². The van der Waals surface area contributed by atoms with E-state index in [2.05, 4.69) is 5.32 Å². The maximum atomic E-state index is 12.3. The molecule has 1 aliphatic rings. The maximum Gasteiger partial charge on any atom is 0.323 e. The van der Waals surface area contributed by atoms with Crippen LogP contribution in [0.5, 0.6) is 0 Å². The monoisotopic (exact) mass is 310 g/mol. The van der Waals surface area contributed by atoms with Gasteiger partial charge in [0.05, 0.1) is 0 Å². The van der Waals surface area contributed by atoms with Crippen molar-refractivity contribution in [2.24, 2.45) is 0 Å². The lowest BCUT2D eigenvalue weighted by molar-refractivity contribution is -0.135. The van der Waals surface area contributed by atoms with Gasteiger partial charge in [0, 0.05) is 34.0 Å². The molecule has 0 bridgehead atoms. The minimum absolute atomic E-state index is 0.0461. The first-order valence-electron chi connectivity index (χ1n) is 6.76. The van der Waals surface area contributed by atoms with Crippen LogP contribution < -0.4 is 10.2 Å². The predicted molar refractivity (Wildman–Crippen MR) is 80.9 cm³/mol. The number of carbonyl (C=O) groups is 2. The van der Waals surface area contributed by atoms with Crippen LogP contribution in [0.1, 0.15) is 12.8 Å². The van der Waals surface area contributed by atoms with Crippen LogP contribution in [-0.4, -0.2) is 45.4 Å². The fourth-order valence-electron chi connectivity index (χ4n) is 2.21. The molecule has 7 heteroatoms. The number of carbonyl (C=O) groups excluding carboxylic acids is 1. The van der Waals surface area contributed by atoms with E-state index in [4.69, 9.17) is 5.11 Å². The highest BCUT2D eigenvalue weighted by Crippen LogP contribution is 2.15. The molecule has 0 saturated carbocycles. The van der Waals surface area contributed by atoms with E-state index in [1.165, 1.54) is 4.90 Å². The first-order valence-corrected chi connectivity index (χ1v) is 8.25. The summed E-state index contributed by atoms with van der Waals surface area (Å²) in [5.74, 6) is 0.0866. The van der Waals surface area contributed by atoms with Crippen molar-refractivity contribution in [3.05, 3.63) is 30.3 Å². The van der Waals surface area contributed by atoms with Crippen molar-refractivity contribution in [1.82, 2.24) is 5.32 Å². The van der Waals surface area contributed by atoms with Crippen molar-refractivity contribution in [3.63, 3.8) is 0 Å². The van der Waals surface area contributed by atoms with Gasteiger partial charge in [0.2, 0.25) is 0 Å². The average molecular weight is 310 g/mol. The van der Waals surface area contributed by atoms with E-state index < -0.39 is 29.3 Å². The summed E-state index contributed by atoms with van der Waals surface area (Å²) in [5.41, 5.74) is 0.539. The largest absolute Gasteiger partial charge is 0.480 e. The summed E-state index contributed by atoms with van der Waals surface area (Å²) in [6.45, 7) is -0.394. The molecule has 1 aromatic carbocycles. The fourth-order valence-corrected chi connectivity index (χ4v) is 3.51. The van der Waals surface area contributed by atoms with E-state index in [0.717, 1.165) is 0 Å². The van der Waals surface area contributed by atoms with Gasteiger partial charge in [0.1, 0.15) is 6.54 Å². The molecule has 1 saturated heterocycles. The Bertz CT molecular complexity index is 525. The Labute approximate surface area is 125 Å². The lowest BCUT2D eigenvalue weighted by Crippen LogP contribution is -2.48. The highest BCUT2D eigenvalue weighted by atomic mass is 32.2. The van der Waals surface area contributed by atoms with Crippen LogP contribution in [0.25, 0.3) is 0 Å². The molecular formula is C14H18N2O4S. The maximum absolute atomic E-state index is 12.3. The predicted octanol–water partition coefficient (Wildman–Crippen LogP) is 1.20. The number of rotatable bonds is 4. The van der Waals surface area contributed by atoms with Gasteiger partial charge in [-0.15, -0.1) is 0 Å². The normalized spacial score (nSPS) is 21.5. The number of aliphatic carboxylic acids is 1. The van der Waals surface area contributed by atoms with E-state index >= 15 is 0 Å². The Morgan fingerprint density at radius 2 is 1.86 bits per heavy atom. The third kappa shape index (κ3) is 4.56. The van der Waals surface area contributed by atoms with Gasteiger partial charge in [-0.1, -0.05) is 18.2 Å². The number of para-hydroxylation sites is 1. The lowest BCUT2D eigenvalue weighted by Gasteiger charge is -2.27. The number of amides is 2. The Morgan fingerprint density at radius 1 is 1.24 bits per heavy atom. The molecule has 1 fully saturated rings. The number of benzene rings is 1. The molecule has 0 atom stereocenters. The van der Waals surface area contributed by atoms with Crippen molar-refractivity contribution in [1.29, 1.82) is 0 Å². The number of urea groups is 1. The first kappa shape index (κ1) is 15.5. The van der Waals surface area contributed by atoms with Crippen molar-refractivity contribution < 1.29 is 18.9 Å². The SMILES string of the molecule is O=C(O)CN(C(=O)NC1CCS(=O)CC1)c1ccccc1. The van der Waals surface area contributed by atoms with Crippen molar-refractivity contribution in [2.75, 3.05) is 23.0 Å². The van der Waals surface area contributed by atoms with Gasteiger partial charge in [-0.25, -0.2) is 4.79 Å². The van der Waals surface area contributed by atoms with Crippen LogP contribution in [0.3, 0.4) is 0 Å². The zero-order valence-electron chi connectivity index (χ0n) is 11.5. The highest BCUT2D eigenvalue weighted by Gasteiger charge is 2.24. The molecule has 2 amide bonds. The number of carboxylic acids is 1. The topological polar surface area (TPSA) is 86.7 Å². The third-order valence-corrected chi connectivity index (χ3v) is 4.70. The van der Waals surface area contributed by atoms with Crippen molar-refractivity contribution in [2.45, 2.75) is 18.9 Å². The van der Waals surface area contributed by atoms with Crippen molar-refractivity contribution >= 4 is 28.5 Å². The summed E-state index contributed by atoms with van der Waals surface area (Å²) >= 11 is 0. The number of nitrogens with zero attached hydrogens (tertiary/aromatic N) is 1. The van der Waals surface area contributed by atoms with Crippen LogP contribution in [0.2, 0.25) is 0 Å². The molecule has 0 spiro atoms. The van der Waals surface area contributed by atoms with Gasteiger partial charge in [-0.05, 0) is 25.0 Å². The quantitative estimate of drug-likeness (QED) is 0.875. The Hall–Kier alpha value is -1.89. The summed E-state index contributed by atoms with van der Waals surface area (Å²) in [6.07, 6.45) is 1.32. The number of anilines is 1. The van der Waals surface area contributed by atoms with Crippen LogP contribution >= 0.6 is 0 Å². The van der Waals surface area contributed by atoms with E-state index in [-0.39, 0.29) is 6.04 Å². The summed E-state index contributed by atoms with van der Waals surface area (Å²) in [4.78, 5) is 24.5. The molecule has 0 unspecified atom stereocenters. The Morgan fingerprint density at radius 3 is 2.43 bits per heavy atom. The molecule has 1 aromatic rings. The highest BCUT2D eigenvalue weighted by molar-refractivity contribution is 7.85. The zero-order valence-corrected chi connectivity index (χ0v) is 12.3. The summed E-state index contributed by atoms with van der Waals surface area (Å²) < 4.78 is 11.3. The summed E-state index contributed by atoms with van der Waals surface area (Å²) in [5, 5.41) is 11.8. The minimum Gasteiger partial charge on any atom is -0.480 e. The van der Waals surface area contributed by atoms with E-state index in [9.17, 15) is 13.8 Å². The van der Waals surface area contributed by atoms with Crippen LogP contribution in [0.4, 0.5) is 10.5 Å². The van der Waals surface area contributed by atoms with E-state index in [1.807, 2.05) is 0 Å². The standard InChI is InChI=1S/C14H18N2O4S/c17-13(18)10-16(12-4-2-1-3-5-12)14(19)15-11-6-8-21(20)9-7-11/h1-5,11H,6-10H2,(H,15,19)(H,17,18). The van der Waals surface area contributed by atoms with Crippen LogP contribution in [-0.2, 0) is 15.6 Å². The molecule has 21 heavy (non-hydrogen) atoms. The second-order valence-corrected chi connectivity index (χ2v) is 6.58. The lowest BCUT2D eigenvalue weighted by atomic mass is 10.1. The number of nitrogens with one attached hydrogen (secondary N) is 1. The molecule has 6 nitrogen and oxygen atoms in total. The molecule has 2 N–H and O–H groups in total. The second kappa shape index (κ2) is 7.21. The fraction of sp³-hybridized carbons (Fsp3) is 0.429. The average Bonchev–Trinajstić information content (AvgIpc) is 2.48. The van der Waals surface area contributed by atoms with Gasteiger partial charge in [0.25, 0.3) is 0 Å². The minimum atomic E-state index is -1.07. The van der Waals surface area contributed by atoms with Gasteiger partial charge >= 0.3 is 12.0 Å². The van der Waals surface area contributed by atoms with Gasteiger partial charge < -0.3 is 10.4 Å².